The third-order valence-corrected chi connectivity index (χ3v) is 5.20. The Kier molecular flexibility index (Phi) is 6.08. The van der Waals surface area contributed by atoms with E-state index >= 15 is 0 Å². The molecule has 1 aromatic carbocycles. The van der Waals surface area contributed by atoms with Crippen LogP contribution in [0.4, 0.5) is 5.69 Å². The van der Waals surface area contributed by atoms with Gasteiger partial charge in [-0.1, -0.05) is 30.0 Å². The molecule has 1 unspecified atom stereocenters. The lowest BCUT2D eigenvalue weighted by Crippen LogP contribution is -2.29. The van der Waals surface area contributed by atoms with Crippen molar-refractivity contribution in [3.05, 3.63) is 23.8 Å². The molecule has 0 spiro atoms. The second-order valence-corrected chi connectivity index (χ2v) is 7.39. The van der Waals surface area contributed by atoms with Crippen LogP contribution in [-0.4, -0.2) is 40.6 Å². The highest BCUT2D eigenvalue weighted by molar-refractivity contribution is 8.23. The number of methoxy groups -OCH3 is 1. The van der Waals surface area contributed by atoms with E-state index < -0.39 is 0 Å². The Labute approximate surface area is 141 Å². The first-order valence-electron chi connectivity index (χ1n) is 7.42. The summed E-state index contributed by atoms with van der Waals surface area (Å²) in [5.74, 6) is 0.605. The van der Waals surface area contributed by atoms with E-state index in [-0.39, 0.29) is 11.2 Å². The smallest absolute Gasteiger partial charge is 0.237 e. The van der Waals surface area contributed by atoms with Gasteiger partial charge in [0.1, 0.15) is 10.1 Å². The summed E-state index contributed by atoms with van der Waals surface area (Å²) in [4.78, 5) is 14.6. The number of benzene rings is 1. The molecule has 22 heavy (non-hydrogen) atoms. The zero-order valence-corrected chi connectivity index (χ0v) is 14.9. The van der Waals surface area contributed by atoms with Crippen LogP contribution >= 0.6 is 24.0 Å². The highest BCUT2D eigenvalue weighted by Crippen LogP contribution is 2.27. The van der Waals surface area contributed by atoms with Gasteiger partial charge >= 0.3 is 0 Å². The van der Waals surface area contributed by atoms with Crippen molar-refractivity contribution in [2.75, 3.05) is 25.5 Å². The summed E-state index contributed by atoms with van der Waals surface area (Å²) in [6, 6.07) is 5.72. The average Bonchev–Trinajstić information content (AvgIpc) is 3.01. The van der Waals surface area contributed by atoms with E-state index in [0.29, 0.717) is 11.4 Å². The summed E-state index contributed by atoms with van der Waals surface area (Å²) in [6.07, 6.45) is 2.36. The summed E-state index contributed by atoms with van der Waals surface area (Å²) in [6.45, 7) is 5.87. The van der Waals surface area contributed by atoms with Gasteiger partial charge in [-0.3, -0.25) is 4.79 Å². The van der Waals surface area contributed by atoms with Crippen molar-refractivity contribution in [3.63, 3.8) is 0 Å². The van der Waals surface area contributed by atoms with Crippen LogP contribution in [0.25, 0.3) is 0 Å². The Bertz CT molecular complexity index is 557. The molecule has 120 valence electrons. The number of carbonyl (C=O) groups excluding carboxylic acids is 1. The van der Waals surface area contributed by atoms with Crippen LogP contribution in [0.2, 0.25) is 0 Å². The molecule has 1 aromatic rings. The monoisotopic (exact) mass is 338 g/mol. The molecule has 1 fully saturated rings. The van der Waals surface area contributed by atoms with Crippen molar-refractivity contribution in [3.8, 4) is 5.75 Å². The second kappa shape index (κ2) is 7.83. The van der Waals surface area contributed by atoms with Gasteiger partial charge in [0.25, 0.3) is 0 Å². The third-order valence-electron chi connectivity index (χ3n) is 3.62. The lowest BCUT2D eigenvalue weighted by molar-refractivity contribution is -0.115. The molecular formula is C16H22N2O2S2. The number of rotatable bonds is 4. The Morgan fingerprint density at radius 2 is 2.09 bits per heavy atom. The highest BCUT2D eigenvalue weighted by atomic mass is 32.2. The molecule has 1 saturated heterocycles. The first-order chi connectivity index (χ1) is 10.5. The van der Waals surface area contributed by atoms with Gasteiger partial charge in [-0.15, -0.1) is 0 Å². The van der Waals surface area contributed by atoms with Gasteiger partial charge in [-0.25, -0.2) is 0 Å². The Hall–Kier alpha value is -1.27. The van der Waals surface area contributed by atoms with Crippen LogP contribution in [0, 0.1) is 6.92 Å². The minimum absolute atomic E-state index is 0.0598. The summed E-state index contributed by atoms with van der Waals surface area (Å²) >= 11 is 6.87. The fourth-order valence-electron chi connectivity index (χ4n) is 2.33. The summed E-state index contributed by atoms with van der Waals surface area (Å²) in [5.41, 5.74) is 1.77. The van der Waals surface area contributed by atoms with E-state index in [2.05, 4.69) is 10.2 Å². The van der Waals surface area contributed by atoms with E-state index in [0.717, 1.165) is 23.0 Å². The average molecular weight is 338 g/mol. The molecular weight excluding hydrogens is 316 g/mol. The SMILES string of the molecule is COc1ccc(C)cc1NC(=O)C(C)SC(=S)N1CCCC1. The number of amides is 1. The van der Waals surface area contributed by atoms with Crippen LogP contribution in [0.3, 0.4) is 0 Å². The zero-order chi connectivity index (χ0) is 16.1. The van der Waals surface area contributed by atoms with Gasteiger partial charge in [0, 0.05) is 13.1 Å². The fraction of sp³-hybridized carbons (Fsp3) is 0.500. The van der Waals surface area contributed by atoms with E-state index in [1.165, 1.54) is 24.6 Å². The number of thioether (sulfide) groups is 1. The number of nitrogens with one attached hydrogen (secondary N) is 1. The molecule has 1 amide bonds. The fourth-order valence-corrected chi connectivity index (χ4v) is 3.75. The van der Waals surface area contributed by atoms with Crippen molar-refractivity contribution in [1.82, 2.24) is 4.90 Å². The van der Waals surface area contributed by atoms with Gasteiger partial charge in [0.2, 0.25) is 5.91 Å². The minimum atomic E-state index is -0.238. The molecule has 0 aliphatic carbocycles. The Morgan fingerprint density at radius 1 is 1.41 bits per heavy atom. The van der Waals surface area contributed by atoms with Crippen LogP contribution < -0.4 is 10.1 Å². The molecule has 0 radical (unpaired) electrons. The number of aryl methyl sites for hydroxylation is 1. The highest BCUT2D eigenvalue weighted by Gasteiger charge is 2.22. The molecule has 1 atom stereocenters. The van der Waals surface area contributed by atoms with Crippen LogP contribution in [0.15, 0.2) is 18.2 Å². The third kappa shape index (κ3) is 4.36. The molecule has 4 nitrogen and oxygen atoms in total. The van der Waals surface area contributed by atoms with E-state index in [4.69, 9.17) is 17.0 Å². The number of likely N-dealkylation sites (tertiary alicyclic amines) is 1. The molecule has 1 N–H and O–H groups in total. The van der Waals surface area contributed by atoms with Gasteiger partial charge in [-0.05, 0) is 44.4 Å². The summed E-state index contributed by atoms with van der Waals surface area (Å²) in [7, 11) is 1.60. The molecule has 1 aliphatic rings. The largest absolute Gasteiger partial charge is 0.495 e. The van der Waals surface area contributed by atoms with Crippen LogP contribution in [-0.2, 0) is 4.79 Å². The number of nitrogens with zero attached hydrogens (tertiary/aromatic N) is 1. The van der Waals surface area contributed by atoms with Gasteiger partial charge in [0.05, 0.1) is 18.0 Å². The maximum atomic E-state index is 12.4. The molecule has 0 saturated carbocycles. The van der Waals surface area contributed by atoms with Crippen molar-refractivity contribution in [1.29, 1.82) is 0 Å². The van der Waals surface area contributed by atoms with Gasteiger partial charge < -0.3 is 15.0 Å². The van der Waals surface area contributed by atoms with E-state index in [1.54, 1.807) is 7.11 Å². The van der Waals surface area contributed by atoms with E-state index in [9.17, 15) is 4.79 Å². The number of hydrogen-bond acceptors (Lipinski definition) is 4. The van der Waals surface area contributed by atoms with Crippen molar-refractivity contribution in [2.24, 2.45) is 0 Å². The summed E-state index contributed by atoms with van der Waals surface area (Å²) < 4.78 is 6.10. The predicted octanol–water partition coefficient (Wildman–Crippen LogP) is 3.44. The number of carbonyl (C=O) groups is 1. The molecule has 2 rings (SSSR count). The van der Waals surface area contributed by atoms with Gasteiger partial charge in [0.15, 0.2) is 0 Å². The van der Waals surface area contributed by atoms with Crippen molar-refractivity contribution >= 4 is 39.9 Å². The molecule has 0 bridgehead atoms. The lowest BCUT2D eigenvalue weighted by atomic mass is 10.2. The normalized spacial score (nSPS) is 15.5. The number of ether oxygens (including phenoxy) is 1. The second-order valence-electron chi connectivity index (χ2n) is 5.41. The first kappa shape index (κ1) is 17.1. The maximum Gasteiger partial charge on any atom is 0.237 e. The van der Waals surface area contributed by atoms with Crippen LogP contribution in [0.5, 0.6) is 5.75 Å². The van der Waals surface area contributed by atoms with Crippen LogP contribution in [0.1, 0.15) is 25.3 Å². The maximum absolute atomic E-state index is 12.4. The number of anilines is 1. The Balaban J connectivity index is 1.96. The molecule has 0 aromatic heterocycles. The number of thiocarbonyl (C=S) groups is 1. The number of hydrogen-bond donors (Lipinski definition) is 1. The quantitative estimate of drug-likeness (QED) is 0.852. The zero-order valence-electron chi connectivity index (χ0n) is 13.2. The lowest BCUT2D eigenvalue weighted by Gasteiger charge is -2.20. The van der Waals surface area contributed by atoms with Crippen molar-refractivity contribution in [2.45, 2.75) is 31.9 Å². The standard InChI is InChI=1S/C16H22N2O2S2/c1-11-6-7-14(20-3)13(10-11)17-15(19)12(2)22-16(21)18-8-4-5-9-18/h6-7,10,12H,4-5,8-9H2,1-3H3,(H,17,19). The predicted molar refractivity (Wildman–Crippen MR) is 96.8 cm³/mol. The topological polar surface area (TPSA) is 41.6 Å². The van der Waals surface area contributed by atoms with Crippen molar-refractivity contribution < 1.29 is 9.53 Å². The van der Waals surface area contributed by atoms with Gasteiger partial charge in [-0.2, -0.15) is 0 Å². The van der Waals surface area contributed by atoms with E-state index in [1.807, 2.05) is 32.0 Å². The Morgan fingerprint density at radius 3 is 2.73 bits per heavy atom. The molecule has 6 heteroatoms. The summed E-state index contributed by atoms with van der Waals surface area (Å²) in [5, 5.41) is 2.70. The minimum Gasteiger partial charge on any atom is -0.495 e. The first-order valence-corrected chi connectivity index (χ1v) is 8.71. The molecule has 1 heterocycles. The molecule has 1 aliphatic heterocycles.